The number of amides is 1. The molecule has 154 valence electrons. The highest BCUT2D eigenvalue weighted by Crippen LogP contribution is 2.29. The van der Waals surface area contributed by atoms with Gasteiger partial charge in [0.2, 0.25) is 0 Å². The predicted octanol–water partition coefficient (Wildman–Crippen LogP) is 5.36. The van der Waals surface area contributed by atoms with E-state index in [-0.39, 0.29) is 5.91 Å². The lowest BCUT2D eigenvalue weighted by Crippen LogP contribution is -2.12. The predicted molar refractivity (Wildman–Crippen MR) is 123 cm³/mol. The molecule has 31 heavy (non-hydrogen) atoms. The average Bonchev–Trinajstić information content (AvgIpc) is 2.81. The zero-order chi connectivity index (χ0) is 21.6. The molecule has 0 spiro atoms. The number of benzene rings is 2. The van der Waals surface area contributed by atoms with Crippen LogP contribution in [-0.4, -0.2) is 20.1 Å². The van der Waals surface area contributed by atoms with Gasteiger partial charge in [0.1, 0.15) is 0 Å². The molecule has 0 bridgehead atoms. The van der Waals surface area contributed by atoms with Gasteiger partial charge in [-0.25, -0.2) is 0 Å². The van der Waals surface area contributed by atoms with Crippen LogP contribution in [0.15, 0.2) is 96.2 Å². The Morgan fingerprint density at radius 1 is 0.903 bits per heavy atom. The van der Waals surface area contributed by atoms with Crippen molar-refractivity contribution in [1.82, 2.24) is 9.97 Å². The lowest BCUT2D eigenvalue weighted by atomic mass is 10.1. The standard InChI is InChI=1S/C24H18ClN3O2S/c25-22-12-9-18(15-21(22)23-6-2-4-14-27-23)28-24(29)17-7-10-20(11-8-17)31(30)16-19-5-1-3-13-26-19/h1-15H,16H2,(H,28,29). The number of carbonyl (C=O) groups excluding carboxylic acids is 1. The topological polar surface area (TPSA) is 72.0 Å². The maximum absolute atomic E-state index is 12.7. The zero-order valence-corrected chi connectivity index (χ0v) is 17.9. The number of nitrogens with zero attached hydrogens (tertiary/aromatic N) is 2. The maximum atomic E-state index is 12.7. The number of anilines is 1. The molecule has 2 aromatic carbocycles. The molecule has 0 aliphatic heterocycles. The van der Waals surface area contributed by atoms with Gasteiger partial charge in [-0.15, -0.1) is 0 Å². The second-order valence-electron chi connectivity index (χ2n) is 6.70. The van der Waals surface area contributed by atoms with Gasteiger partial charge in [0.25, 0.3) is 5.91 Å². The van der Waals surface area contributed by atoms with Crippen LogP contribution in [0.1, 0.15) is 16.1 Å². The van der Waals surface area contributed by atoms with E-state index in [0.717, 1.165) is 17.0 Å². The summed E-state index contributed by atoms with van der Waals surface area (Å²) < 4.78 is 12.5. The first-order chi connectivity index (χ1) is 15.1. The van der Waals surface area contributed by atoms with Gasteiger partial charge in [0.05, 0.1) is 33.0 Å². The number of pyridine rings is 2. The number of halogens is 1. The molecule has 0 radical (unpaired) electrons. The molecule has 2 heterocycles. The molecular weight excluding hydrogens is 430 g/mol. The van der Waals surface area contributed by atoms with E-state index in [0.29, 0.717) is 26.9 Å². The maximum Gasteiger partial charge on any atom is 0.255 e. The van der Waals surface area contributed by atoms with Crippen LogP contribution in [0.5, 0.6) is 0 Å². The number of carbonyl (C=O) groups is 1. The Labute approximate surface area is 187 Å². The van der Waals surface area contributed by atoms with Crippen molar-refractivity contribution in [2.24, 2.45) is 0 Å². The van der Waals surface area contributed by atoms with Crippen molar-refractivity contribution >= 4 is 34.0 Å². The van der Waals surface area contributed by atoms with Crippen molar-refractivity contribution < 1.29 is 9.00 Å². The fourth-order valence-electron chi connectivity index (χ4n) is 2.98. The summed E-state index contributed by atoms with van der Waals surface area (Å²) in [6.45, 7) is 0. The molecule has 0 aliphatic rings. The summed E-state index contributed by atoms with van der Waals surface area (Å²) in [5.74, 6) is 0.0596. The molecule has 1 amide bonds. The Hall–Kier alpha value is -3.35. The minimum atomic E-state index is -1.24. The van der Waals surface area contributed by atoms with E-state index in [2.05, 4.69) is 15.3 Å². The molecule has 1 atom stereocenters. The highest BCUT2D eigenvalue weighted by Gasteiger charge is 2.11. The molecule has 0 saturated heterocycles. The molecule has 4 rings (SSSR count). The quantitative estimate of drug-likeness (QED) is 0.432. The van der Waals surface area contributed by atoms with Crippen molar-refractivity contribution in [2.45, 2.75) is 10.6 Å². The van der Waals surface area contributed by atoms with Crippen LogP contribution in [0, 0.1) is 0 Å². The molecule has 0 fully saturated rings. The normalized spacial score (nSPS) is 11.6. The number of aromatic nitrogens is 2. The number of rotatable bonds is 6. The van der Waals surface area contributed by atoms with Crippen molar-refractivity contribution in [3.8, 4) is 11.3 Å². The largest absolute Gasteiger partial charge is 0.322 e. The molecule has 4 aromatic rings. The van der Waals surface area contributed by atoms with Gasteiger partial charge in [-0.1, -0.05) is 23.7 Å². The van der Waals surface area contributed by atoms with E-state index in [9.17, 15) is 9.00 Å². The van der Waals surface area contributed by atoms with Crippen molar-refractivity contribution in [3.63, 3.8) is 0 Å². The molecule has 2 aromatic heterocycles. The Morgan fingerprint density at radius 3 is 2.32 bits per heavy atom. The summed E-state index contributed by atoms with van der Waals surface area (Å²) in [5.41, 5.74) is 3.29. The third-order valence-electron chi connectivity index (χ3n) is 4.55. The minimum absolute atomic E-state index is 0.267. The second kappa shape index (κ2) is 9.64. The fourth-order valence-corrected chi connectivity index (χ4v) is 4.24. The summed E-state index contributed by atoms with van der Waals surface area (Å²) in [5, 5.41) is 3.43. The van der Waals surface area contributed by atoms with Gasteiger partial charge in [0, 0.05) is 34.1 Å². The van der Waals surface area contributed by atoms with Crippen LogP contribution in [0.25, 0.3) is 11.3 Å². The molecule has 1 N–H and O–H groups in total. The van der Waals surface area contributed by atoms with Gasteiger partial charge < -0.3 is 5.32 Å². The lowest BCUT2D eigenvalue weighted by Gasteiger charge is -2.10. The summed E-state index contributed by atoms with van der Waals surface area (Å²) in [6, 6.07) is 23.1. The van der Waals surface area contributed by atoms with Crippen LogP contribution in [0.2, 0.25) is 5.02 Å². The van der Waals surface area contributed by atoms with Crippen LogP contribution in [-0.2, 0) is 16.6 Å². The smallest absolute Gasteiger partial charge is 0.255 e. The van der Waals surface area contributed by atoms with E-state index in [1.807, 2.05) is 36.4 Å². The van der Waals surface area contributed by atoms with E-state index >= 15 is 0 Å². The molecule has 0 saturated carbocycles. The van der Waals surface area contributed by atoms with Crippen molar-refractivity contribution in [3.05, 3.63) is 108 Å². The van der Waals surface area contributed by atoms with Gasteiger partial charge in [-0.3, -0.25) is 19.0 Å². The fraction of sp³-hybridized carbons (Fsp3) is 0.0417. The summed E-state index contributed by atoms with van der Waals surface area (Å²) in [6.07, 6.45) is 3.37. The Morgan fingerprint density at radius 2 is 1.65 bits per heavy atom. The third kappa shape index (κ3) is 5.23. The summed E-state index contributed by atoms with van der Waals surface area (Å²) in [4.78, 5) is 21.8. The van der Waals surface area contributed by atoms with Gasteiger partial charge in [-0.05, 0) is 66.7 Å². The average molecular weight is 448 g/mol. The first kappa shape index (κ1) is 20.9. The van der Waals surface area contributed by atoms with E-state index in [4.69, 9.17) is 11.6 Å². The molecule has 7 heteroatoms. The van der Waals surface area contributed by atoms with Crippen molar-refractivity contribution in [1.29, 1.82) is 0 Å². The Balaban J connectivity index is 1.46. The Bertz CT molecular complexity index is 1220. The molecule has 1 unspecified atom stereocenters. The zero-order valence-electron chi connectivity index (χ0n) is 16.4. The van der Waals surface area contributed by atoms with Crippen LogP contribution in [0.3, 0.4) is 0 Å². The van der Waals surface area contributed by atoms with E-state index in [1.54, 1.807) is 54.9 Å². The van der Waals surface area contributed by atoms with Crippen LogP contribution < -0.4 is 5.32 Å². The van der Waals surface area contributed by atoms with Gasteiger partial charge in [-0.2, -0.15) is 0 Å². The Kier molecular flexibility index (Phi) is 6.50. The van der Waals surface area contributed by atoms with E-state index < -0.39 is 10.8 Å². The van der Waals surface area contributed by atoms with E-state index in [1.165, 1.54) is 0 Å². The second-order valence-corrected chi connectivity index (χ2v) is 8.56. The van der Waals surface area contributed by atoms with Gasteiger partial charge in [0.15, 0.2) is 0 Å². The number of nitrogens with one attached hydrogen (secondary N) is 1. The monoisotopic (exact) mass is 447 g/mol. The third-order valence-corrected chi connectivity index (χ3v) is 6.24. The van der Waals surface area contributed by atoms with Gasteiger partial charge >= 0.3 is 0 Å². The highest BCUT2D eigenvalue weighted by molar-refractivity contribution is 7.84. The summed E-state index contributed by atoms with van der Waals surface area (Å²) >= 11 is 6.30. The number of hydrogen-bond acceptors (Lipinski definition) is 4. The van der Waals surface area contributed by atoms with Crippen LogP contribution in [0.4, 0.5) is 5.69 Å². The lowest BCUT2D eigenvalue weighted by molar-refractivity contribution is 0.102. The molecule has 0 aliphatic carbocycles. The molecule has 5 nitrogen and oxygen atoms in total. The summed E-state index contributed by atoms with van der Waals surface area (Å²) in [7, 11) is -1.24. The number of hydrogen-bond donors (Lipinski definition) is 1. The van der Waals surface area contributed by atoms with Crippen molar-refractivity contribution in [2.75, 3.05) is 5.32 Å². The first-order valence-corrected chi connectivity index (χ1v) is 11.2. The molecular formula is C24H18ClN3O2S. The minimum Gasteiger partial charge on any atom is -0.322 e. The van der Waals surface area contributed by atoms with Crippen LogP contribution >= 0.6 is 11.6 Å². The SMILES string of the molecule is O=C(Nc1ccc(Cl)c(-c2ccccn2)c1)c1ccc(S(=O)Cc2ccccn2)cc1. The first-order valence-electron chi connectivity index (χ1n) is 9.51. The highest BCUT2D eigenvalue weighted by atomic mass is 35.5.